The molecule has 0 saturated heterocycles. The average molecular weight is 260 g/mol. The Labute approximate surface area is 133 Å². The molecule has 0 unspecified atom stereocenters. The van der Waals surface area contributed by atoms with Gasteiger partial charge in [0.25, 0.3) is 0 Å². The number of methoxy groups -OCH3 is 1. The summed E-state index contributed by atoms with van der Waals surface area (Å²) in [7, 11) is 1.18. The first kappa shape index (κ1) is 15.8. The zero-order valence-electron chi connectivity index (χ0n) is 8.24. The van der Waals surface area contributed by atoms with Crippen LogP contribution in [0.2, 0.25) is 5.02 Å². The second kappa shape index (κ2) is 5.95. The normalized spacial score (nSPS) is 10.8. The Kier molecular flexibility index (Phi) is 6.27. The smallest absolute Gasteiger partial charge is 0.556 e. The largest absolute Gasteiger partial charge is 1.00 e. The molecule has 0 bridgehead atoms. The van der Waals surface area contributed by atoms with Crippen LogP contribution in [0.1, 0.15) is 0 Å². The second-order valence-corrected chi connectivity index (χ2v) is 3.12. The predicted octanol–water partition coefficient (Wildman–Crippen LogP) is -3.39. The molecular formula is C7H8BClFKO4. The Morgan fingerprint density at radius 2 is 1.87 bits per heavy atom. The number of rotatable bonds is 2. The van der Waals surface area contributed by atoms with E-state index in [0.29, 0.717) is 0 Å². The Bertz CT molecular complexity index is 358. The molecule has 0 fully saturated rings. The van der Waals surface area contributed by atoms with E-state index in [1.165, 1.54) is 13.2 Å². The fourth-order valence-corrected chi connectivity index (χ4v) is 1.26. The Hall–Kier alpha value is 0.821. The van der Waals surface area contributed by atoms with Crippen molar-refractivity contribution in [3.8, 4) is 5.75 Å². The molecule has 1 aromatic carbocycles. The molecule has 4 nitrogen and oxygen atoms in total. The number of halogens is 2. The summed E-state index contributed by atoms with van der Waals surface area (Å²) < 4.78 is 17.9. The molecule has 15 heavy (non-hydrogen) atoms. The van der Waals surface area contributed by atoms with Gasteiger partial charge in [0.15, 0.2) is 5.75 Å². The van der Waals surface area contributed by atoms with Gasteiger partial charge in [-0.2, -0.15) is 0 Å². The maximum atomic E-state index is 13.4. The third kappa shape index (κ3) is 3.65. The zero-order chi connectivity index (χ0) is 10.9. The van der Waals surface area contributed by atoms with Crippen molar-refractivity contribution in [1.29, 1.82) is 0 Å². The van der Waals surface area contributed by atoms with Crippen LogP contribution < -0.4 is 61.6 Å². The van der Waals surface area contributed by atoms with E-state index < -0.39 is 18.0 Å². The molecule has 0 saturated carbocycles. The summed E-state index contributed by atoms with van der Waals surface area (Å²) >= 11 is 5.55. The molecular weight excluding hydrogens is 252 g/mol. The summed E-state index contributed by atoms with van der Waals surface area (Å²) in [6.07, 6.45) is 0. The SMILES string of the molecule is COc1c(Cl)ccc([B-](O)(O)O)c1F.[K+]. The zero-order valence-corrected chi connectivity index (χ0v) is 12.1. The molecule has 0 spiro atoms. The van der Waals surface area contributed by atoms with Gasteiger partial charge in [-0.05, 0) is 6.07 Å². The molecule has 0 aliphatic rings. The second-order valence-electron chi connectivity index (χ2n) is 2.72. The standard InChI is InChI=1S/C7H8BClFO4.K/c1-14-7-5(9)3-2-4(6(7)10)8(11,12)13;/h2-3,11-13H,1H3;/q-1;+1. The topological polar surface area (TPSA) is 69.9 Å². The fourth-order valence-electron chi connectivity index (χ4n) is 1.03. The monoisotopic (exact) mass is 260 g/mol. The first-order chi connectivity index (χ1) is 6.38. The van der Waals surface area contributed by atoms with Crippen LogP contribution in [-0.2, 0) is 0 Å². The van der Waals surface area contributed by atoms with Gasteiger partial charge in [-0.3, -0.25) is 0 Å². The van der Waals surface area contributed by atoms with E-state index in [4.69, 9.17) is 26.7 Å². The van der Waals surface area contributed by atoms with Crippen molar-refractivity contribution in [3.63, 3.8) is 0 Å². The van der Waals surface area contributed by atoms with Gasteiger partial charge < -0.3 is 19.8 Å². The van der Waals surface area contributed by atoms with Gasteiger partial charge in [-0.25, -0.2) is 4.39 Å². The molecule has 0 amide bonds. The molecule has 0 aliphatic heterocycles. The van der Waals surface area contributed by atoms with Crippen LogP contribution in [0.15, 0.2) is 12.1 Å². The van der Waals surface area contributed by atoms with Crippen LogP contribution in [0.4, 0.5) is 4.39 Å². The van der Waals surface area contributed by atoms with E-state index in [9.17, 15) is 4.39 Å². The van der Waals surface area contributed by atoms with Crippen molar-refractivity contribution in [3.05, 3.63) is 23.0 Å². The van der Waals surface area contributed by atoms with E-state index in [0.717, 1.165) is 6.07 Å². The molecule has 78 valence electrons. The molecule has 0 aromatic heterocycles. The minimum Gasteiger partial charge on any atom is -0.556 e. The number of hydrogen-bond acceptors (Lipinski definition) is 4. The van der Waals surface area contributed by atoms with E-state index >= 15 is 0 Å². The minimum absolute atomic E-state index is 0. The van der Waals surface area contributed by atoms with Gasteiger partial charge in [0.05, 0.1) is 12.1 Å². The van der Waals surface area contributed by atoms with Crippen LogP contribution in [-0.4, -0.2) is 28.9 Å². The van der Waals surface area contributed by atoms with Gasteiger partial charge in [0.1, 0.15) is 5.82 Å². The van der Waals surface area contributed by atoms with Crippen LogP contribution in [0.3, 0.4) is 0 Å². The van der Waals surface area contributed by atoms with Crippen LogP contribution in [0, 0.1) is 5.82 Å². The molecule has 0 heterocycles. The Morgan fingerprint density at radius 1 is 1.33 bits per heavy atom. The molecule has 0 radical (unpaired) electrons. The molecule has 0 atom stereocenters. The number of benzene rings is 1. The van der Waals surface area contributed by atoms with Crippen LogP contribution in [0.25, 0.3) is 0 Å². The predicted molar refractivity (Wildman–Crippen MR) is 50.0 cm³/mol. The van der Waals surface area contributed by atoms with Gasteiger partial charge in [0.2, 0.25) is 0 Å². The van der Waals surface area contributed by atoms with E-state index in [-0.39, 0.29) is 62.2 Å². The maximum Gasteiger partial charge on any atom is 1.00 e. The van der Waals surface area contributed by atoms with Gasteiger partial charge in [0, 0.05) is 0 Å². The average Bonchev–Trinajstić information content (AvgIpc) is 2.02. The van der Waals surface area contributed by atoms with E-state index in [1.807, 2.05) is 0 Å². The summed E-state index contributed by atoms with van der Waals surface area (Å²) in [4.78, 5) is 0. The van der Waals surface area contributed by atoms with Crippen molar-refractivity contribution < 1.29 is 75.6 Å². The maximum absolute atomic E-state index is 13.4. The first-order valence-electron chi connectivity index (χ1n) is 3.71. The number of ether oxygens (including phenoxy) is 1. The summed E-state index contributed by atoms with van der Waals surface area (Å²) in [6.45, 7) is -3.88. The molecule has 1 rings (SSSR count). The summed E-state index contributed by atoms with van der Waals surface area (Å²) in [5, 5.41) is 26.4. The van der Waals surface area contributed by atoms with Gasteiger partial charge in [-0.1, -0.05) is 23.1 Å². The summed E-state index contributed by atoms with van der Waals surface area (Å²) in [5.74, 6) is -1.43. The molecule has 8 heteroatoms. The van der Waals surface area contributed by atoms with Crippen molar-refractivity contribution in [2.75, 3.05) is 7.11 Å². The molecule has 1 aromatic rings. The van der Waals surface area contributed by atoms with Gasteiger partial charge >= 0.3 is 58.1 Å². The van der Waals surface area contributed by atoms with Crippen molar-refractivity contribution in [1.82, 2.24) is 0 Å². The van der Waals surface area contributed by atoms with E-state index in [2.05, 4.69) is 4.74 Å². The Balaban J connectivity index is 0.00000196. The third-order valence-electron chi connectivity index (χ3n) is 1.70. The van der Waals surface area contributed by atoms with Crippen LogP contribution in [0.5, 0.6) is 5.75 Å². The third-order valence-corrected chi connectivity index (χ3v) is 2.00. The van der Waals surface area contributed by atoms with Gasteiger partial charge in [-0.15, -0.1) is 0 Å². The molecule has 0 aliphatic carbocycles. The minimum atomic E-state index is -3.88. The van der Waals surface area contributed by atoms with Crippen molar-refractivity contribution in [2.45, 2.75) is 0 Å². The first-order valence-corrected chi connectivity index (χ1v) is 4.09. The van der Waals surface area contributed by atoms with E-state index in [1.54, 1.807) is 0 Å². The number of hydrogen-bond donors (Lipinski definition) is 3. The molecule has 3 N–H and O–H groups in total. The van der Waals surface area contributed by atoms with Crippen LogP contribution >= 0.6 is 11.6 Å². The van der Waals surface area contributed by atoms with Crippen molar-refractivity contribution in [2.24, 2.45) is 0 Å². The Morgan fingerprint density at radius 3 is 2.27 bits per heavy atom. The quantitative estimate of drug-likeness (QED) is 0.485. The summed E-state index contributed by atoms with van der Waals surface area (Å²) in [5.41, 5.74) is -0.661. The fraction of sp³-hybridized carbons (Fsp3) is 0.143. The van der Waals surface area contributed by atoms with Crippen molar-refractivity contribution >= 4 is 23.8 Å². The summed E-state index contributed by atoms with van der Waals surface area (Å²) in [6, 6.07) is 2.16.